The lowest BCUT2D eigenvalue weighted by Crippen LogP contribution is -2.44. The Morgan fingerprint density at radius 1 is 0.970 bits per heavy atom. The summed E-state index contributed by atoms with van der Waals surface area (Å²) in [5.41, 5.74) is 1.23. The highest BCUT2D eigenvalue weighted by atomic mass is 35.5. The van der Waals surface area contributed by atoms with E-state index in [0.29, 0.717) is 12.8 Å². The van der Waals surface area contributed by atoms with Gasteiger partial charge in [-0.15, -0.1) is 12.4 Å². The number of ether oxygens (including phenoxy) is 1. The maximum atomic E-state index is 12.3. The van der Waals surface area contributed by atoms with Gasteiger partial charge in [-0.1, -0.05) is 88.4 Å². The zero-order valence-electron chi connectivity index (χ0n) is 21.0. The van der Waals surface area contributed by atoms with Gasteiger partial charge in [0.25, 0.3) is 0 Å². The predicted molar refractivity (Wildman–Crippen MR) is 138 cm³/mol. The lowest BCUT2D eigenvalue weighted by Gasteiger charge is -2.40. The van der Waals surface area contributed by atoms with Crippen LogP contribution in [-0.2, 0) is 21.6 Å². The molecule has 0 amide bonds. The van der Waals surface area contributed by atoms with Gasteiger partial charge in [-0.05, 0) is 25.2 Å². The van der Waals surface area contributed by atoms with Gasteiger partial charge in [-0.2, -0.15) is 0 Å². The minimum absolute atomic E-state index is 0. The maximum absolute atomic E-state index is 12.3. The van der Waals surface area contributed by atoms with Crippen molar-refractivity contribution in [3.8, 4) is 0 Å². The minimum Gasteiger partial charge on any atom is -0.453 e. The summed E-state index contributed by atoms with van der Waals surface area (Å²) in [7, 11) is 4.10. The first-order valence-corrected chi connectivity index (χ1v) is 11.3. The quantitative estimate of drug-likeness (QED) is 0.483. The monoisotopic (exact) mass is 479 g/mol. The molecule has 6 heteroatoms. The first kappa shape index (κ1) is 31.1. The van der Waals surface area contributed by atoms with Crippen molar-refractivity contribution in [1.29, 1.82) is 0 Å². The summed E-state index contributed by atoms with van der Waals surface area (Å²) in [4.78, 5) is 14.5. The second-order valence-corrected chi connectivity index (χ2v) is 9.39. The standard InChI is InChI=1S/C22H29NO2.C5H12O2.ClH/c1-5-21(24)25-22(18(2)17-23(3)4,20-14-10-7-11-15-20)16-19-12-8-6-9-13-19;1-5(2,3-6)4-7;/h6-15,18H,5,16-17H2,1-4H3;6-7H,3-4H2,1-2H3;1H/t18-,22+;;/m1../s1. The van der Waals surface area contributed by atoms with Crippen molar-refractivity contribution in [1.82, 2.24) is 4.90 Å². The number of nitrogens with zero attached hydrogens (tertiary/aromatic N) is 1. The third kappa shape index (κ3) is 10.3. The number of rotatable bonds is 10. The van der Waals surface area contributed by atoms with E-state index in [0.717, 1.165) is 12.1 Å². The highest BCUT2D eigenvalue weighted by Crippen LogP contribution is 2.38. The molecule has 0 unspecified atom stereocenters. The third-order valence-electron chi connectivity index (χ3n) is 5.45. The normalized spacial score (nSPS) is 13.7. The number of esters is 1. The number of carbonyl (C=O) groups is 1. The summed E-state index contributed by atoms with van der Waals surface area (Å²) in [5, 5.41) is 16.9. The molecule has 0 aromatic heterocycles. The molecule has 186 valence electrons. The molecule has 2 aromatic rings. The fourth-order valence-corrected chi connectivity index (χ4v) is 3.40. The smallest absolute Gasteiger partial charge is 0.306 e. The van der Waals surface area contributed by atoms with E-state index in [1.165, 1.54) is 5.56 Å². The molecular formula is C27H42ClNO4. The second-order valence-electron chi connectivity index (χ2n) is 9.39. The SMILES string of the molecule is CC(C)(CO)CO.CCC(=O)O[C@](Cc1ccccc1)(c1ccccc1)[C@H](C)CN(C)C.Cl. The molecule has 0 aliphatic heterocycles. The molecular weight excluding hydrogens is 438 g/mol. The van der Waals surface area contributed by atoms with Crippen molar-refractivity contribution < 1.29 is 19.7 Å². The Balaban J connectivity index is 0.00000111. The summed E-state index contributed by atoms with van der Waals surface area (Å²) in [5.74, 6) is -0.0222. The zero-order chi connectivity index (χ0) is 24.2. The van der Waals surface area contributed by atoms with Crippen LogP contribution >= 0.6 is 12.4 Å². The van der Waals surface area contributed by atoms with Gasteiger partial charge in [0.05, 0.1) is 13.2 Å². The molecule has 0 spiro atoms. The van der Waals surface area contributed by atoms with Gasteiger partial charge < -0.3 is 19.8 Å². The molecule has 0 heterocycles. The van der Waals surface area contributed by atoms with E-state index in [9.17, 15) is 4.79 Å². The summed E-state index contributed by atoms with van der Waals surface area (Å²) in [6.45, 7) is 8.53. The van der Waals surface area contributed by atoms with E-state index in [1.807, 2.05) is 43.3 Å². The van der Waals surface area contributed by atoms with Crippen LogP contribution in [0.4, 0.5) is 0 Å². The van der Waals surface area contributed by atoms with Crippen LogP contribution in [0.25, 0.3) is 0 Å². The lowest BCUT2D eigenvalue weighted by atomic mass is 9.77. The van der Waals surface area contributed by atoms with Crippen molar-refractivity contribution >= 4 is 18.4 Å². The molecule has 0 aliphatic rings. The zero-order valence-corrected chi connectivity index (χ0v) is 21.8. The summed E-state index contributed by atoms with van der Waals surface area (Å²) in [6.07, 6.45) is 1.04. The Kier molecular flexibility index (Phi) is 14.2. The molecule has 2 aromatic carbocycles. The van der Waals surface area contributed by atoms with Crippen molar-refractivity contribution in [2.24, 2.45) is 11.3 Å². The second kappa shape index (κ2) is 15.1. The number of hydrogen-bond donors (Lipinski definition) is 2. The van der Waals surface area contributed by atoms with Crippen LogP contribution < -0.4 is 0 Å². The highest BCUT2D eigenvalue weighted by molar-refractivity contribution is 5.85. The average molecular weight is 480 g/mol. The number of benzene rings is 2. The van der Waals surface area contributed by atoms with Gasteiger partial charge in [-0.3, -0.25) is 4.79 Å². The van der Waals surface area contributed by atoms with E-state index in [2.05, 4.69) is 50.2 Å². The van der Waals surface area contributed by atoms with Gasteiger partial charge in [0, 0.05) is 30.7 Å². The number of aliphatic hydroxyl groups excluding tert-OH is 2. The molecule has 2 atom stereocenters. The van der Waals surface area contributed by atoms with Crippen LogP contribution in [0.5, 0.6) is 0 Å². The van der Waals surface area contributed by atoms with Gasteiger partial charge in [-0.25, -0.2) is 0 Å². The van der Waals surface area contributed by atoms with E-state index in [4.69, 9.17) is 14.9 Å². The van der Waals surface area contributed by atoms with Gasteiger partial charge in [0.15, 0.2) is 0 Å². The first-order valence-electron chi connectivity index (χ1n) is 11.3. The van der Waals surface area contributed by atoms with Crippen molar-refractivity contribution in [2.45, 2.75) is 46.1 Å². The highest BCUT2D eigenvalue weighted by Gasteiger charge is 2.42. The maximum Gasteiger partial charge on any atom is 0.306 e. The number of carbonyl (C=O) groups excluding carboxylic acids is 1. The third-order valence-corrected chi connectivity index (χ3v) is 5.45. The molecule has 2 rings (SSSR count). The van der Waals surface area contributed by atoms with Gasteiger partial charge in [0.2, 0.25) is 0 Å². The van der Waals surface area contributed by atoms with E-state index in [-0.39, 0.29) is 42.9 Å². The average Bonchev–Trinajstić information content (AvgIpc) is 2.79. The Morgan fingerprint density at radius 3 is 1.85 bits per heavy atom. The number of hydrogen-bond acceptors (Lipinski definition) is 5. The molecule has 0 saturated heterocycles. The molecule has 0 radical (unpaired) electrons. The molecule has 5 nitrogen and oxygen atoms in total. The molecule has 0 aliphatic carbocycles. The minimum atomic E-state index is -0.681. The molecule has 0 fully saturated rings. The van der Waals surface area contributed by atoms with E-state index < -0.39 is 5.60 Å². The Labute approximate surface area is 206 Å². The predicted octanol–water partition coefficient (Wildman–Crippen LogP) is 4.69. The van der Waals surface area contributed by atoms with Crippen LogP contribution in [0.3, 0.4) is 0 Å². The van der Waals surface area contributed by atoms with Crippen LogP contribution in [0.1, 0.15) is 45.2 Å². The fourth-order valence-electron chi connectivity index (χ4n) is 3.40. The van der Waals surface area contributed by atoms with Crippen molar-refractivity contribution in [2.75, 3.05) is 33.9 Å². The summed E-state index contributed by atoms with van der Waals surface area (Å²) in [6, 6.07) is 20.4. The Morgan fingerprint density at radius 2 is 1.45 bits per heavy atom. The lowest BCUT2D eigenvalue weighted by molar-refractivity contribution is -0.168. The summed E-state index contributed by atoms with van der Waals surface area (Å²) >= 11 is 0. The van der Waals surface area contributed by atoms with Crippen LogP contribution in [-0.4, -0.2) is 54.9 Å². The first-order chi connectivity index (χ1) is 15.1. The number of halogens is 1. The van der Waals surface area contributed by atoms with Gasteiger partial charge in [0.1, 0.15) is 5.60 Å². The summed E-state index contributed by atoms with van der Waals surface area (Å²) < 4.78 is 6.17. The van der Waals surface area contributed by atoms with Crippen molar-refractivity contribution in [3.05, 3.63) is 71.8 Å². The number of aliphatic hydroxyl groups is 2. The molecule has 0 bridgehead atoms. The Bertz CT molecular complexity index is 777. The van der Waals surface area contributed by atoms with Crippen LogP contribution in [0.2, 0.25) is 0 Å². The van der Waals surface area contributed by atoms with Crippen LogP contribution in [0.15, 0.2) is 60.7 Å². The Hall–Kier alpha value is -1.92. The molecule has 0 saturated carbocycles. The fraction of sp³-hybridized carbons (Fsp3) is 0.519. The largest absolute Gasteiger partial charge is 0.453 e. The van der Waals surface area contributed by atoms with Crippen LogP contribution in [0, 0.1) is 11.3 Å². The van der Waals surface area contributed by atoms with Crippen molar-refractivity contribution in [3.63, 3.8) is 0 Å². The molecule has 2 N–H and O–H groups in total. The van der Waals surface area contributed by atoms with Gasteiger partial charge >= 0.3 is 5.97 Å². The van der Waals surface area contributed by atoms with E-state index >= 15 is 0 Å². The van der Waals surface area contributed by atoms with E-state index in [1.54, 1.807) is 13.8 Å². The topological polar surface area (TPSA) is 70.0 Å². The molecule has 33 heavy (non-hydrogen) atoms.